The first-order valence-electron chi connectivity index (χ1n) is 7.90. The van der Waals surface area contributed by atoms with Crippen molar-refractivity contribution in [1.29, 1.82) is 0 Å². The molecule has 0 radical (unpaired) electrons. The highest BCUT2D eigenvalue weighted by Gasteiger charge is 2.23. The molecule has 10 heteroatoms. The van der Waals surface area contributed by atoms with Gasteiger partial charge in [-0.1, -0.05) is 26.0 Å². The number of carbonyl (C=O) groups excluding carboxylic acids is 1. The normalized spacial score (nSPS) is 12.7. The van der Waals surface area contributed by atoms with Crippen LogP contribution in [0.25, 0.3) is 0 Å². The minimum absolute atomic E-state index is 0.000976. The number of tetrazole rings is 1. The first-order valence-corrected chi connectivity index (χ1v) is 7.90. The van der Waals surface area contributed by atoms with Gasteiger partial charge in [0.15, 0.2) is 5.82 Å². The van der Waals surface area contributed by atoms with E-state index in [0.717, 1.165) is 0 Å². The van der Waals surface area contributed by atoms with Crippen molar-refractivity contribution < 1.29 is 14.3 Å². The van der Waals surface area contributed by atoms with Gasteiger partial charge in [-0.05, 0) is 6.92 Å². The van der Waals surface area contributed by atoms with Gasteiger partial charge in [0.2, 0.25) is 5.82 Å². The Morgan fingerprint density at radius 1 is 1.36 bits per heavy atom. The number of hydrogen-bond acceptors (Lipinski definition) is 9. The zero-order valence-electron chi connectivity index (χ0n) is 15.0. The quantitative estimate of drug-likeness (QED) is 0.710. The van der Waals surface area contributed by atoms with Crippen molar-refractivity contribution >= 4 is 11.8 Å². The molecule has 2 N–H and O–H groups in total. The van der Waals surface area contributed by atoms with Crippen molar-refractivity contribution in [3.05, 3.63) is 23.4 Å². The van der Waals surface area contributed by atoms with Gasteiger partial charge >= 0.3 is 5.97 Å². The molecule has 136 valence electrons. The summed E-state index contributed by atoms with van der Waals surface area (Å²) in [5.41, 5.74) is 0.432. The van der Waals surface area contributed by atoms with Gasteiger partial charge in [-0.25, -0.2) is 14.8 Å². The SMILES string of the molecule is CCOC(=O)c1nc(NC(COC)c2nn[nH]n2)cc(C(C)(C)C)n1. The monoisotopic (exact) mass is 349 g/mol. The topological polar surface area (TPSA) is 128 Å². The van der Waals surface area contributed by atoms with E-state index < -0.39 is 5.97 Å². The lowest BCUT2D eigenvalue weighted by Crippen LogP contribution is -2.23. The van der Waals surface area contributed by atoms with Crippen LogP contribution < -0.4 is 5.32 Å². The van der Waals surface area contributed by atoms with Crippen LogP contribution >= 0.6 is 0 Å². The molecule has 10 nitrogen and oxygen atoms in total. The zero-order valence-corrected chi connectivity index (χ0v) is 15.0. The molecule has 0 bridgehead atoms. The Bertz CT molecular complexity index is 698. The molecule has 0 aromatic carbocycles. The highest BCUT2D eigenvalue weighted by atomic mass is 16.5. The lowest BCUT2D eigenvalue weighted by atomic mass is 9.92. The van der Waals surface area contributed by atoms with Gasteiger partial charge < -0.3 is 14.8 Å². The maximum atomic E-state index is 12.1. The molecule has 25 heavy (non-hydrogen) atoms. The van der Waals surface area contributed by atoms with E-state index in [4.69, 9.17) is 9.47 Å². The van der Waals surface area contributed by atoms with E-state index in [2.05, 4.69) is 35.9 Å². The summed E-state index contributed by atoms with van der Waals surface area (Å²) in [7, 11) is 1.57. The second-order valence-electron chi connectivity index (χ2n) is 6.35. The van der Waals surface area contributed by atoms with E-state index in [1.54, 1.807) is 20.1 Å². The molecule has 2 heterocycles. The highest BCUT2D eigenvalue weighted by Crippen LogP contribution is 2.24. The largest absolute Gasteiger partial charge is 0.460 e. The molecular formula is C15H23N7O3. The Balaban J connectivity index is 2.37. The summed E-state index contributed by atoms with van der Waals surface area (Å²) in [5.74, 6) is 0.311. The second kappa shape index (κ2) is 7.97. The van der Waals surface area contributed by atoms with Crippen molar-refractivity contribution in [3.63, 3.8) is 0 Å². The van der Waals surface area contributed by atoms with Crippen LogP contribution in [-0.4, -0.2) is 56.9 Å². The second-order valence-corrected chi connectivity index (χ2v) is 6.35. The third-order valence-electron chi connectivity index (χ3n) is 3.28. The summed E-state index contributed by atoms with van der Waals surface area (Å²) in [6.07, 6.45) is 0. The molecule has 2 rings (SSSR count). The number of ether oxygens (including phenoxy) is 2. The highest BCUT2D eigenvalue weighted by molar-refractivity contribution is 5.85. The predicted octanol–water partition coefficient (Wildman–Crippen LogP) is 1.26. The van der Waals surface area contributed by atoms with E-state index >= 15 is 0 Å². The average molecular weight is 349 g/mol. The van der Waals surface area contributed by atoms with Crippen LogP contribution in [0.2, 0.25) is 0 Å². The molecule has 0 aliphatic heterocycles. The number of nitrogens with one attached hydrogen (secondary N) is 2. The molecule has 0 saturated heterocycles. The molecule has 2 aromatic heterocycles. The van der Waals surface area contributed by atoms with Crippen LogP contribution in [0.5, 0.6) is 0 Å². The molecule has 0 amide bonds. The summed E-state index contributed by atoms with van der Waals surface area (Å²) in [6, 6.07) is 1.40. The number of nitrogens with zero attached hydrogens (tertiary/aromatic N) is 5. The average Bonchev–Trinajstić information content (AvgIpc) is 3.08. The smallest absolute Gasteiger partial charge is 0.376 e. The fraction of sp³-hybridized carbons (Fsp3) is 0.600. The number of anilines is 1. The Labute approximate surface area is 145 Å². The van der Waals surface area contributed by atoms with Crippen molar-refractivity contribution in [1.82, 2.24) is 30.6 Å². The van der Waals surface area contributed by atoms with Crippen LogP contribution in [0.1, 0.15) is 55.9 Å². The van der Waals surface area contributed by atoms with Gasteiger partial charge in [0.05, 0.1) is 18.9 Å². The maximum absolute atomic E-state index is 12.1. The summed E-state index contributed by atoms with van der Waals surface area (Å²) < 4.78 is 10.2. The van der Waals surface area contributed by atoms with Crippen molar-refractivity contribution in [2.45, 2.75) is 39.2 Å². The van der Waals surface area contributed by atoms with Crippen LogP contribution in [0.3, 0.4) is 0 Å². The number of H-pyrrole nitrogens is 1. The Kier molecular flexibility index (Phi) is 5.97. The number of rotatable bonds is 7. The molecule has 0 aliphatic rings. The van der Waals surface area contributed by atoms with Crippen LogP contribution in [0.15, 0.2) is 6.07 Å². The van der Waals surface area contributed by atoms with Gasteiger partial charge in [-0.2, -0.15) is 5.21 Å². The summed E-state index contributed by atoms with van der Waals surface area (Å²) >= 11 is 0. The zero-order chi connectivity index (χ0) is 18.4. The number of aromatic nitrogens is 6. The van der Waals surface area contributed by atoms with Gasteiger partial charge in [0.25, 0.3) is 0 Å². The van der Waals surface area contributed by atoms with E-state index in [0.29, 0.717) is 23.9 Å². The van der Waals surface area contributed by atoms with Crippen LogP contribution in [0.4, 0.5) is 5.82 Å². The molecule has 0 spiro atoms. The van der Waals surface area contributed by atoms with Crippen molar-refractivity contribution in [3.8, 4) is 0 Å². The van der Waals surface area contributed by atoms with Gasteiger partial charge in [0.1, 0.15) is 11.9 Å². The van der Waals surface area contributed by atoms with E-state index in [9.17, 15) is 4.79 Å². The minimum Gasteiger partial charge on any atom is -0.460 e. The Morgan fingerprint density at radius 2 is 2.12 bits per heavy atom. The molecule has 1 unspecified atom stereocenters. The summed E-state index contributed by atoms with van der Waals surface area (Å²) in [4.78, 5) is 20.7. The summed E-state index contributed by atoms with van der Waals surface area (Å²) in [6.45, 7) is 8.28. The number of carbonyl (C=O) groups is 1. The minimum atomic E-state index is -0.570. The lowest BCUT2D eigenvalue weighted by molar-refractivity contribution is 0.0511. The number of aromatic amines is 1. The summed E-state index contributed by atoms with van der Waals surface area (Å²) in [5, 5.41) is 17.1. The number of methoxy groups -OCH3 is 1. The third-order valence-corrected chi connectivity index (χ3v) is 3.28. The van der Waals surface area contributed by atoms with Gasteiger partial charge in [-0.3, -0.25) is 0 Å². The maximum Gasteiger partial charge on any atom is 0.376 e. The Hall–Kier alpha value is -2.62. The molecule has 0 saturated carbocycles. The molecular weight excluding hydrogens is 326 g/mol. The fourth-order valence-electron chi connectivity index (χ4n) is 2.04. The van der Waals surface area contributed by atoms with E-state index in [1.165, 1.54) is 0 Å². The van der Waals surface area contributed by atoms with Crippen LogP contribution in [0, 0.1) is 0 Å². The fourth-order valence-corrected chi connectivity index (χ4v) is 2.04. The third kappa shape index (κ3) is 4.92. The molecule has 0 fully saturated rings. The van der Waals surface area contributed by atoms with Crippen molar-refractivity contribution in [2.75, 3.05) is 25.6 Å². The molecule has 1 atom stereocenters. The lowest BCUT2D eigenvalue weighted by Gasteiger charge is -2.21. The number of esters is 1. The van der Waals surface area contributed by atoms with Crippen LogP contribution in [-0.2, 0) is 14.9 Å². The van der Waals surface area contributed by atoms with E-state index in [1.807, 2.05) is 20.8 Å². The molecule has 2 aromatic rings. The predicted molar refractivity (Wildman–Crippen MR) is 89.1 cm³/mol. The number of hydrogen-bond donors (Lipinski definition) is 2. The van der Waals surface area contributed by atoms with Gasteiger partial charge in [0, 0.05) is 18.6 Å². The molecule has 0 aliphatic carbocycles. The first-order chi connectivity index (χ1) is 11.8. The van der Waals surface area contributed by atoms with E-state index in [-0.39, 0.29) is 23.9 Å². The Morgan fingerprint density at radius 3 is 2.68 bits per heavy atom. The first kappa shape index (κ1) is 18.7. The standard InChI is InChI=1S/C15H23N7O3/c1-6-25-14(23)13-17-10(15(2,3)4)7-11(18-13)16-9(8-24-5)12-19-21-22-20-12/h7,9H,6,8H2,1-5H3,(H,16,17,18)(H,19,20,21,22). The van der Waals surface area contributed by atoms with Gasteiger partial charge in [-0.15, -0.1) is 10.2 Å². The van der Waals surface area contributed by atoms with Crippen molar-refractivity contribution in [2.24, 2.45) is 0 Å².